The van der Waals surface area contributed by atoms with Gasteiger partial charge in [0.1, 0.15) is 24.8 Å². The van der Waals surface area contributed by atoms with Crippen molar-refractivity contribution in [3.05, 3.63) is 97.1 Å². The minimum atomic E-state index is 0.879. The van der Waals surface area contributed by atoms with E-state index in [1.54, 1.807) is 0 Å². The molecule has 2 aliphatic heterocycles. The molecule has 12 nitrogen and oxygen atoms in total. The van der Waals surface area contributed by atoms with Crippen LogP contribution in [0, 0.1) is 0 Å². The molecule has 0 atom stereocenters. The van der Waals surface area contributed by atoms with Gasteiger partial charge < -0.3 is 9.97 Å². The lowest BCUT2D eigenvalue weighted by atomic mass is 10.1. The van der Waals surface area contributed by atoms with Gasteiger partial charge in [-0.25, -0.2) is 46.5 Å². The third kappa shape index (κ3) is 4.97. The van der Waals surface area contributed by atoms with Gasteiger partial charge in [0.05, 0.1) is 123 Å². The van der Waals surface area contributed by atoms with Gasteiger partial charge >= 0.3 is 0 Å². The van der Waals surface area contributed by atoms with Gasteiger partial charge in [-0.3, -0.25) is 0 Å². The molecule has 12 heteroatoms. The van der Waals surface area contributed by atoms with Crippen LogP contribution >= 0.6 is 0 Å². The fourth-order valence-electron chi connectivity index (χ4n) is 7.86. The lowest BCUT2D eigenvalue weighted by Crippen LogP contribution is -2.23. The quantitative estimate of drug-likeness (QED) is 0.274. The van der Waals surface area contributed by atoms with Gasteiger partial charge in [0, 0.05) is 0 Å². The van der Waals surface area contributed by atoms with Crippen molar-refractivity contribution in [1.29, 1.82) is 0 Å². The summed E-state index contributed by atoms with van der Waals surface area (Å²) in [6, 6.07) is 8.66. The molecule has 0 amide bonds. The second kappa shape index (κ2) is 11.5. The first-order valence-electron chi connectivity index (χ1n) is 17.3. The molecule has 0 aliphatic carbocycles. The summed E-state index contributed by atoms with van der Waals surface area (Å²) in [5.74, 6) is 0. The first-order chi connectivity index (χ1) is 25.0. The molecular weight excluding hydrogens is 649 g/mol. The molecule has 0 aromatic carbocycles. The summed E-state index contributed by atoms with van der Waals surface area (Å²) >= 11 is 0. The predicted molar refractivity (Wildman–Crippen MR) is 201 cm³/mol. The summed E-state index contributed by atoms with van der Waals surface area (Å²) in [7, 11) is 16.5. The summed E-state index contributed by atoms with van der Waals surface area (Å²) in [6.45, 7) is 0. The molecule has 9 rings (SSSR count). The summed E-state index contributed by atoms with van der Waals surface area (Å²) in [4.78, 5) is 18.5. The minimum Gasteiger partial charge on any atom is -0.354 e. The van der Waals surface area contributed by atoms with Crippen LogP contribution in [0.3, 0.4) is 0 Å². The average molecular weight is 691 g/mol. The maximum Gasteiger partial charge on any atom is 0.243 e. The van der Waals surface area contributed by atoms with Crippen molar-refractivity contribution in [2.24, 2.45) is 56.4 Å². The molecule has 0 fully saturated rings. The number of hydrogen-bond donors (Lipinski definition) is 2. The Kier molecular flexibility index (Phi) is 6.94. The van der Waals surface area contributed by atoms with E-state index in [1.807, 2.05) is 28.2 Å². The Labute approximate surface area is 300 Å². The van der Waals surface area contributed by atoms with E-state index in [-0.39, 0.29) is 0 Å². The van der Waals surface area contributed by atoms with Crippen LogP contribution in [0.2, 0.25) is 0 Å². The number of aryl methyl sites for hydroxylation is 8. The Morgan fingerprint density at radius 3 is 0.827 bits per heavy atom. The van der Waals surface area contributed by atoms with E-state index in [0.29, 0.717) is 0 Å². The highest BCUT2D eigenvalue weighted by atomic mass is 15.1. The first-order valence-corrected chi connectivity index (χ1v) is 17.3. The minimum absolute atomic E-state index is 0.879. The molecule has 9 heterocycles. The molecule has 0 unspecified atom stereocenters. The van der Waals surface area contributed by atoms with Crippen molar-refractivity contribution >= 4 is 46.4 Å². The molecule has 0 spiro atoms. The lowest BCUT2D eigenvalue weighted by molar-refractivity contribution is -0.670. The van der Waals surface area contributed by atoms with Crippen molar-refractivity contribution < 1.29 is 18.3 Å². The van der Waals surface area contributed by atoms with Crippen LogP contribution < -0.4 is 18.3 Å². The predicted octanol–water partition coefficient (Wildman–Crippen LogP) is 3.98. The molecule has 52 heavy (non-hydrogen) atoms. The van der Waals surface area contributed by atoms with E-state index in [1.165, 1.54) is 0 Å². The van der Waals surface area contributed by atoms with E-state index in [9.17, 15) is 0 Å². The Morgan fingerprint density at radius 1 is 0.404 bits per heavy atom. The van der Waals surface area contributed by atoms with Gasteiger partial charge in [0.25, 0.3) is 0 Å². The number of aromatic nitrogens is 12. The number of nitrogens with one attached hydrogen (secondary N) is 2. The van der Waals surface area contributed by atoms with Crippen LogP contribution in [0.15, 0.2) is 74.4 Å². The third-order valence-corrected chi connectivity index (χ3v) is 10.0. The van der Waals surface area contributed by atoms with Crippen LogP contribution in [0.5, 0.6) is 0 Å². The second-order valence-corrected chi connectivity index (χ2v) is 14.1. The third-order valence-electron chi connectivity index (χ3n) is 10.0. The summed E-state index contributed by atoms with van der Waals surface area (Å²) < 4.78 is 16.9. The lowest BCUT2D eigenvalue weighted by Gasteiger charge is -2.03. The van der Waals surface area contributed by atoms with Gasteiger partial charge in [-0.1, -0.05) is 0 Å². The summed E-state index contributed by atoms with van der Waals surface area (Å²) in [5.41, 5.74) is 15.6. The Bertz CT molecular complexity index is 2460. The largest absolute Gasteiger partial charge is 0.354 e. The zero-order chi connectivity index (χ0) is 36.0. The number of hydrogen-bond acceptors (Lipinski definition) is 2. The maximum atomic E-state index is 5.42. The van der Waals surface area contributed by atoms with E-state index < -0.39 is 0 Å². The number of nitrogens with zero attached hydrogens (tertiary/aromatic N) is 10. The van der Waals surface area contributed by atoms with Gasteiger partial charge in [0.2, 0.25) is 25.3 Å². The number of aromatic amines is 2. The zero-order valence-corrected chi connectivity index (χ0v) is 30.7. The van der Waals surface area contributed by atoms with Crippen molar-refractivity contribution in [2.75, 3.05) is 0 Å². The van der Waals surface area contributed by atoms with Crippen LogP contribution in [-0.2, 0) is 56.4 Å². The molecule has 2 aliphatic rings. The first kappa shape index (κ1) is 31.4. The average Bonchev–Trinajstić information content (AvgIpc) is 3.93. The zero-order valence-electron chi connectivity index (χ0n) is 30.7. The number of fused-ring (bicyclic) bond motifs is 8. The number of H-pyrrole nitrogens is 2. The number of imidazole rings is 4. The van der Waals surface area contributed by atoms with E-state index in [2.05, 4.69) is 173 Å². The molecule has 0 saturated carbocycles. The van der Waals surface area contributed by atoms with Gasteiger partial charge in [0.15, 0.2) is 22.8 Å². The molecule has 258 valence electrons. The molecular formula is C40H42N12+4. The normalized spacial score (nSPS) is 12.5. The topological polar surface area (TPSA) is 92.6 Å². The van der Waals surface area contributed by atoms with Gasteiger partial charge in [-0.05, 0) is 48.6 Å². The van der Waals surface area contributed by atoms with Gasteiger partial charge in [-0.15, -0.1) is 0 Å². The van der Waals surface area contributed by atoms with Crippen LogP contribution in [0.4, 0.5) is 0 Å². The van der Waals surface area contributed by atoms with Crippen molar-refractivity contribution in [3.63, 3.8) is 0 Å². The summed E-state index contributed by atoms with van der Waals surface area (Å²) in [6.07, 6.45) is 25.4. The highest BCUT2D eigenvalue weighted by Crippen LogP contribution is 2.37. The SMILES string of the molecule is Cn1c[n+](C)cc1-c1c2nc(c(-c3c[n+](C)cn3C)c3ccc([nH]3)c(-c3c[n+](C)cn3C)c3nc(c(-c4c[n+](C)cn4C)c4ccc1[nH]4)C=C3)C=C2. The van der Waals surface area contributed by atoms with Crippen molar-refractivity contribution in [1.82, 2.24) is 38.2 Å². The van der Waals surface area contributed by atoms with Crippen LogP contribution in [0.1, 0.15) is 22.8 Å². The molecule has 2 N–H and O–H groups in total. The van der Waals surface area contributed by atoms with Crippen molar-refractivity contribution in [2.45, 2.75) is 0 Å². The van der Waals surface area contributed by atoms with Crippen molar-refractivity contribution in [3.8, 4) is 45.0 Å². The smallest absolute Gasteiger partial charge is 0.243 e. The van der Waals surface area contributed by atoms with Crippen LogP contribution in [-0.4, -0.2) is 38.2 Å². The molecule has 7 aromatic rings. The second-order valence-electron chi connectivity index (χ2n) is 14.1. The fraction of sp³-hybridized carbons (Fsp3) is 0.200. The maximum absolute atomic E-state index is 5.42. The standard InChI is InChI=1S/C40H42N12/c1-45-17-33(49(5)21-45)37-25-9-11-27(41-25)38(34-18-46(2)22-50(34)6)29-13-15-31(43-29)40(36-20-48(4)24-52(36)8)32-16-14-30(44-32)39(28-12-10-26(37)42-28)35-19-47(3)23-51(35)7/h9-24,41,44H,1-8H3/q+4. The molecule has 8 bridgehead atoms. The van der Waals surface area contributed by atoms with Gasteiger partial charge in [-0.2, -0.15) is 0 Å². The summed E-state index contributed by atoms with van der Waals surface area (Å²) in [5, 5.41) is 0. The highest BCUT2D eigenvalue weighted by molar-refractivity contribution is 5.98. The van der Waals surface area contributed by atoms with E-state index >= 15 is 0 Å². The monoisotopic (exact) mass is 690 g/mol. The highest BCUT2D eigenvalue weighted by Gasteiger charge is 2.26. The molecule has 0 saturated heterocycles. The van der Waals surface area contributed by atoms with E-state index in [0.717, 1.165) is 89.9 Å². The fourth-order valence-corrected chi connectivity index (χ4v) is 7.86. The Morgan fingerprint density at radius 2 is 0.635 bits per heavy atom. The van der Waals surface area contributed by atoms with E-state index in [4.69, 9.17) is 9.97 Å². The Hall–Kier alpha value is -6.56. The Balaban J connectivity index is 1.51. The molecule has 7 aromatic heterocycles. The molecule has 0 radical (unpaired) electrons. The number of rotatable bonds is 4. The van der Waals surface area contributed by atoms with Crippen LogP contribution in [0.25, 0.3) is 91.4 Å².